The second-order valence-electron chi connectivity index (χ2n) is 10.4. The van der Waals surface area contributed by atoms with E-state index in [1.165, 1.54) is 5.56 Å². The SMILES string of the molecule is Cc1nc(C)c(/C=C/C(=O)N(Cc2ccc(N(C)c3ccncc3)cc2)C2CCN(Cc3ccccc3)CC2)s1. The lowest BCUT2D eigenvalue weighted by Gasteiger charge is -2.38. The Morgan fingerprint density at radius 1 is 0.950 bits per heavy atom. The van der Waals surface area contributed by atoms with E-state index < -0.39 is 0 Å². The van der Waals surface area contributed by atoms with Crippen LogP contribution in [-0.4, -0.2) is 51.9 Å². The third-order valence-corrected chi connectivity index (χ3v) is 8.61. The molecule has 3 heterocycles. The molecule has 0 aliphatic carbocycles. The minimum absolute atomic E-state index is 0.0601. The summed E-state index contributed by atoms with van der Waals surface area (Å²) in [5.41, 5.74) is 5.62. The zero-order valence-electron chi connectivity index (χ0n) is 23.5. The predicted octanol–water partition coefficient (Wildman–Crippen LogP) is 6.63. The van der Waals surface area contributed by atoms with Crippen molar-refractivity contribution in [2.75, 3.05) is 25.0 Å². The van der Waals surface area contributed by atoms with Crippen LogP contribution in [0.15, 0.2) is 85.2 Å². The maximum absolute atomic E-state index is 13.7. The summed E-state index contributed by atoms with van der Waals surface area (Å²) >= 11 is 1.63. The first-order chi connectivity index (χ1) is 19.5. The number of rotatable bonds is 9. The van der Waals surface area contributed by atoms with E-state index in [-0.39, 0.29) is 11.9 Å². The van der Waals surface area contributed by atoms with E-state index in [0.717, 1.165) is 65.0 Å². The monoisotopic (exact) mass is 551 g/mol. The van der Waals surface area contributed by atoms with Gasteiger partial charge in [0.25, 0.3) is 0 Å². The van der Waals surface area contributed by atoms with E-state index in [9.17, 15) is 4.79 Å². The first-order valence-electron chi connectivity index (χ1n) is 13.9. The van der Waals surface area contributed by atoms with Gasteiger partial charge in [0.1, 0.15) is 0 Å². The van der Waals surface area contributed by atoms with E-state index in [1.807, 2.05) is 32.1 Å². The van der Waals surface area contributed by atoms with Crippen molar-refractivity contribution >= 4 is 34.7 Å². The smallest absolute Gasteiger partial charge is 0.247 e. The zero-order chi connectivity index (χ0) is 27.9. The Morgan fingerprint density at radius 3 is 2.27 bits per heavy atom. The second-order valence-corrected chi connectivity index (χ2v) is 11.6. The molecular weight excluding hydrogens is 514 g/mol. The fourth-order valence-corrected chi connectivity index (χ4v) is 6.13. The van der Waals surface area contributed by atoms with Gasteiger partial charge in [0.15, 0.2) is 0 Å². The third kappa shape index (κ3) is 7.03. The number of piperidine rings is 1. The average Bonchev–Trinajstić information content (AvgIpc) is 3.32. The maximum Gasteiger partial charge on any atom is 0.247 e. The molecule has 0 atom stereocenters. The molecular formula is C33H37N5OS. The van der Waals surface area contributed by atoms with Crippen molar-refractivity contribution in [2.45, 2.75) is 45.8 Å². The van der Waals surface area contributed by atoms with E-state index >= 15 is 0 Å². The number of carbonyl (C=O) groups is 1. The highest BCUT2D eigenvalue weighted by atomic mass is 32.1. The summed E-state index contributed by atoms with van der Waals surface area (Å²) in [5, 5.41) is 1.02. The largest absolute Gasteiger partial charge is 0.345 e. The number of nitrogens with zero attached hydrogens (tertiary/aromatic N) is 5. The predicted molar refractivity (Wildman–Crippen MR) is 165 cm³/mol. The fraction of sp³-hybridized carbons (Fsp3) is 0.303. The number of aryl methyl sites for hydroxylation is 2. The van der Waals surface area contributed by atoms with Crippen molar-refractivity contribution in [3.8, 4) is 0 Å². The molecule has 1 aliphatic heterocycles. The molecule has 7 heteroatoms. The molecule has 0 radical (unpaired) electrons. The molecule has 0 saturated carbocycles. The molecule has 2 aromatic heterocycles. The van der Waals surface area contributed by atoms with Gasteiger partial charge in [-0.15, -0.1) is 11.3 Å². The van der Waals surface area contributed by atoms with Crippen LogP contribution in [0.4, 0.5) is 11.4 Å². The Bertz CT molecular complexity index is 1410. The van der Waals surface area contributed by atoms with Crippen molar-refractivity contribution in [1.82, 2.24) is 19.8 Å². The Morgan fingerprint density at radius 2 is 1.62 bits per heavy atom. The van der Waals surface area contributed by atoms with Crippen molar-refractivity contribution in [2.24, 2.45) is 0 Å². The molecule has 206 valence electrons. The molecule has 0 bridgehead atoms. The number of hydrogen-bond acceptors (Lipinski definition) is 6. The standard InChI is InChI=1S/C33H37N5OS/c1-25-32(40-26(2)35-25)13-14-33(39)38(31-17-21-37(22-18-31)23-27-7-5-4-6-8-27)24-28-9-11-29(12-10-28)36(3)30-15-19-34-20-16-30/h4-16,19-20,31H,17-18,21-24H2,1-3H3/b14-13+. The topological polar surface area (TPSA) is 52.6 Å². The highest BCUT2D eigenvalue weighted by molar-refractivity contribution is 7.12. The van der Waals surface area contributed by atoms with Gasteiger partial charge < -0.3 is 9.80 Å². The summed E-state index contributed by atoms with van der Waals surface area (Å²) in [7, 11) is 2.05. The van der Waals surface area contributed by atoms with Crippen molar-refractivity contribution in [3.63, 3.8) is 0 Å². The van der Waals surface area contributed by atoms with Crippen molar-refractivity contribution in [3.05, 3.63) is 112 Å². The van der Waals surface area contributed by atoms with Gasteiger partial charge in [0.05, 0.1) is 15.6 Å². The number of anilines is 2. The van der Waals surface area contributed by atoms with Gasteiger partial charge >= 0.3 is 0 Å². The summed E-state index contributed by atoms with van der Waals surface area (Å²) in [6, 6.07) is 23.4. The van der Waals surface area contributed by atoms with Gasteiger partial charge in [-0.05, 0) is 68.2 Å². The Kier molecular flexibility index (Phi) is 9.04. The van der Waals surface area contributed by atoms with Crippen LogP contribution < -0.4 is 4.90 Å². The number of hydrogen-bond donors (Lipinski definition) is 0. The summed E-state index contributed by atoms with van der Waals surface area (Å²) in [6.07, 6.45) is 9.21. The normalized spacial score (nSPS) is 14.5. The van der Waals surface area contributed by atoms with Crippen LogP contribution in [0.1, 0.15) is 39.5 Å². The number of benzene rings is 2. The number of carbonyl (C=O) groups excluding carboxylic acids is 1. The van der Waals surface area contributed by atoms with Crippen LogP contribution in [0.25, 0.3) is 6.08 Å². The van der Waals surface area contributed by atoms with Crippen LogP contribution >= 0.6 is 11.3 Å². The molecule has 5 rings (SSSR count). The lowest BCUT2D eigenvalue weighted by atomic mass is 10.0. The zero-order valence-corrected chi connectivity index (χ0v) is 24.3. The van der Waals surface area contributed by atoms with E-state index in [4.69, 9.17) is 0 Å². The fourth-order valence-electron chi connectivity index (χ4n) is 5.30. The average molecular weight is 552 g/mol. The lowest BCUT2D eigenvalue weighted by molar-refractivity contribution is -0.130. The molecule has 1 amide bonds. The number of pyridine rings is 1. The molecule has 1 aliphatic rings. The number of likely N-dealkylation sites (tertiary alicyclic amines) is 1. The third-order valence-electron chi connectivity index (χ3n) is 7.57. The summed E-state index contributed by atoms with van der Waals surface area (Å²) in [6.45, 7) is 7.51. The van der Waals surface area contributed by atoms with Gasteiger partial charge in [0.2, 0.25) is 5.91 Å². The van der Waals surface area contributed by atoms with Gasteiger partial charge in [-0.25, -0.2) is 4.98 Å². The molecule has 4 aromatic rings. The number of aromatic nitrogens is 2. The van der Waals surface area contributed by atoms with Crippen LogP contribution in [-0.2, 0) is 17.9 Å². The lowest BCUT2D eigenvalue weighted by Crippen LogP contribution is -2.46. The Hall–Kier alpha value is -3.81. The molecule has 2 aromatic carbocycles. The van der Waals surface area contributed by atoms with Crippen molar-refractivity contribution in [1.29, 1.82) is 0 Å². The van der Waals surface area contributed by atoms with Gasteiger partial charge in [0, 0.05) is 69.1 Å². The molecule has 1 fully saturated rings. The van der Waals surface area contributed by atoms with Gasteiger partial charge in [-0.3, -0.25) is 14.7 Å². The first kappa shape index (κ1) is 27.7. The quantitative estimate of drug-likeness (QED) is 0.219. The molecule has 1 saturated heterocycles. The minimum Gasteiger partial charge on any atom is -0.345 e. The number of amides is 1. The van der Waals surface area contributed by atoms with Crippen molar-refractivity contribution < 1.29 is 4.79 Å². The Balaban J connectivity index is 1.30. The van der Waals surface area contributed by atoms with E-state index in [0.29, 0.717) is 6.54 Å². The molecule has 40 heavy (non-hydrogen) atoms. The van der Waals surface area contributed by atoms with E-state index in [1.54, 1.807) is 29.8 Å². The highest BCUT2D eigenvalue weighted by Gasteiger charge is 2.27. The van der Waals surface area contributed by atoms with E-state index in [2.05, 4.69) is 86.3 Å². The van der Waals surface area contributed by atoms with Crippen LogP contribution in [0.5, 0.6) is 0 Å². The summed E-state index contributed by atoms with van der Waals surface area (Å²) in [5.74, 6) is 0.0601. The van der Waals surface area contributed by atoms with Gasteiger partial charge in [-0.2, -0.15) is 0 Å². The second kappa shape index (κ2) is 13.0. The molecule has 0 spiro atoms. The van der Waals surface area contributed by atoms with Gasteiger partial charge in [-0.1, -0.05) is 42.5 Å². The highest BCUT2D eigenvalue weighted by Crippen LogP contribution is 2.26. The van der Waals surface area contributed by atoms with Crippen LogP contribution in [0, 0.1) is 13.8 Å². The minimum atomic E-state index is 0.0601. The molecule has 6 nitrogen and oxygen atoms in total. The van der Waals surface area contributed by atoms with Crippen LogP contribution in [0.3, 0.4) is 0 Å². The number of thiazole rings is 1. The summed E-state index contributed by atoms with van der Waals surface area (Å²) in [4.78, 5) is 30.0. The summed E-state index contributed by atoms with van der Waals surface area (Å²) < 4.78 is 0. The Labute approximate surface area is 241 Å². The first-order valence-corrected chi connectivity index (χ1v) is 14.7. The van der Waals surface area contributed by atoms with Crippen LogP contribution in [0.2, 0.25) is 0 Å². The maximum atomic E-state index is 13.7. The molecule has 0 N–H and O–H groups in total. The molecule has 0 unspecified atom stereocenters.